The second kappa shape index (κ2) is 8.02. The van der Waals surface area contributed by atoms with Gasteiger partial charge < -0.3 is 15.8 Å². The maximum absolute atomic E-state index is 11.6. The van der Waals surface area contributed by atoms with Crippen LogP contribution in [-0.4, -0.2) is 18.6 Å². The van der Waals surface area contributed by atoms with Crippen molar-refractivity contribution in [2.45, 2.75) is 38.2 Å². The molecule has 1 saturated carbocycles. The Balaban J connectivity index is 0.00000180. The van der Waals surface area contributed by atoms with Crippen molar-refractivity contribution in [1.29, 1.82) is 0 Å². The first-order valence-corrected chi connectivity index (χ1v) is 6.55. The van der Waals surface area contributed by atoms with Crippen LogP contribution in [-0.2, 0) is 4.79 Å². The van der Waals surface area contributed by atoms with E-state index in [1.165, 1.54) is 12.8 Å². The first-order valence-electron chi connectivity index (χ1n) is 6.55. The van der Waals surface area contributed by atoms with Gasteiger partial charge in [0.15, 0.2) is 0 Å². The number of rotatable bonds is 5. The normalized spacial score (nSPS) is 14.8. The van der Waals surface area contributed by atoms with Crippen LogP contribution in [0.4, 0.5) is 5.69 Å². The van der Waals surface area contributed by atoms with Crippen molar-refractivity contribution in [2.75, 3.05) is 11.9 Å². The average molecular weight is 285 g/mol. The summed E-state index contributed by atoms with van der Waals surface area (Å²) in [4.78, 5) is 11.6. The summed E-state index contributed by atoms with van der Waals surface area (Å²) in [5.74, 6) is 0.690. The van der Waals surface area contributed by atoms with Crippen LogP contribution in [0.1, 0.15) is 32.1 Å². The van der Waals surface area contributed by atoms with Gasteiger partial charge in [-0.15, -0.1) is 12.4 Å². The number of hydrogen-bond acceptors (Lipinski definition) is 3. The minimum Gasteiger partial charge on any atom is -0.488 e. The topological polar surface area (TPSA) is 64.4 Å². The highest BCUT2D eigenvalue weighted by Gasteiger charge is 2.18. The summed E-state index contributed by atoms with van der Waals surface area (Å²) < 4.78 is 5.94. The largest absolute Gasteiger partial charge is 0.488 e. The van der Waals surface area contributed by atoms with E-state index in [2.05, 4.69) is 5.32 Å². The van der Waals surface area contributed by atoms with Gasteiger partial charge in [-0.2, -0.15) is 0 Å². The average Bonchev–Trinajstić information content (AvgIpc) is 2.85. The van der Waals surface area contributed by atoms with Crippen LogP contribution in [0.25, 0.3) is 0 Å². The molecule has 0 aromatic heterocycles. The fourth-order valence-electron chi connectivity index (χ4n) is 2.20. The highest BCUT2D eigenvalue weighted by molar-refractivity contribution is 5.92. The van der Waals surface area contributed by atoms with Gasteiger partial charge in [0.25, 0.3) is 0 Å². The van der Waals surface area contributed by atoms with Crippen molar-refractivity contribution in [2.24, 2.45) is 5.73 Å². The maximum atomic E-state index is 11.6. The summed E-state index contributed by atoms with van der Waals surface area (Å²) in [5, 5.41) is 2.84. The third-order valence-corrected chi connectivity index (χ3v) is 3.13. The Morgan fingerprint density at radius 1 is 1.32 bits per heavy atom. The standard InChI is InChI=1S/C14H20N2O2.ClH/c15-10-9-14(17)16-12-7-3-4-8-13(12)18-11-5-1-2-6-11;/h3-4,7-8,11H,1-2,5-6,9-10,15H2,(H,16,17);1H. The molecule has 1 aromatic rings. The zero-order valence-electron chi connectivity index (χ0n) is 10.9. The molecular weight excluding hydrogens is 264 g/mol. The highest BCUT2D eigenvalue weighted by atomic mass is 35.5. The number of benzene rings is 1. The van der Waals surface area contributed by atoms with Crippen LogP contribution in [0.2, 0.25) is 0 Å². The zero-order valence-corrected chi connectivity index (χ0v) is 11.7. The second-order valence-electron chi connectivity index (χ2n) is 4.61. The fraction of sp³-hybridized carbons (Fsp3) is 0.500. The van der Waals surface area contributed by atoms with E-state index >= 15 is 0 Å². The smallest absolute Gasteiger partial charge is 0.225 e. The molecule has 0 heterocycles. The molecule has 106 valence electrons. The number of hydrogen-bond donors (Lipinski definition) is 2. The fourth-order valence-corrected chi connectivity index (χ4v) is 2.20. The van der Waals surface area contributed by atoms with Crippen molar-refractivity contribution in [3.8, 4) is 5.75 Å². The monoisotopic (exact) mass is 284 g/mol. The van der Waals surface area contributed by atoms with E-state index in [0.717, 1.165) is 24.3 Å². The van der Waals surface area contributed by atoms with E-state index in [4.69, 9.17) is 10.5 Å². The van der Waals surface area contributed by atoms with Gasteiger partial charge in [0, 0.05) is 13.0 Å². The van der Waals surface area contributed by atoms with Gasteiger partial charge in [0.2, 0.25) is 5.91 Å². The molecule has 0 bridgehead atoms. The Morgan fingerprint density at radius 2 is 2.00 bits per heavy atom. The van der Waals surface area contributed by atoms with Crippen LogP contribution in [0.5, 0.6) is 5.75 Å². The summed E-state index contributed by atoms with van der Waals surface area (Å²) in [7, 11) is 0. The number of anilines is 1. The Bertz CT molecular complexity index is 406. The molecule has 19 heavy (non-hydrogen) atoms. The van der Waals surface area contributed by atoms with Crippen molar-refractivity contribution in [3.63, 3.8) is 0 Å². The van der Waals surface area contributed by atoms with Crippen molar-refractivity contribution in [3.05, 3.63) is 24.3 Å². The van der Waals surface area contributed by atoms with Crippen LogP contribution >= 0.6 is 12.4 Å². The molecule has 0 saturated heterocycles. The summed E-state index contributed by atoms with van der Waals surface area (Å²) in [6, 6.07) is 7.57. The number of carbonyl (C=O) groups excluding carboxylic acids is 1. The number of nitrogens with one attached hydrogen (secondary N) is 1. The van der Waals surface area contributed by atoms with E-state index in [1.807, 2.05) is 24.3 Å². The number of halogens is 1. The molecule has 1 aliphatic carbocycles. The van der Waals surface area contributed by atoms with Crippen LogP contribution < -0.4 is 15.8 Å². The SMILES string of the molecule is Cl.NCCC(=O)Nc1ccccc1OC1CCCC1. The predicted octanol–water partition coefficient (Wildman–Crippen LogP) is 2.72. The summed E-state index contributed by atoms with van der Waals surface area (Å²) in [6.45, 7) is 0.359. The van der Waals surface area contributed by atoms with Gasteiger partial charge in [0.1, 0.15) is 5.75 Å². The second-order valence-corrected chi connectivity index (χ2v) is 4.61. The molecule has 0 unspecified atom stereocenters. The lowest BCUT2D eigenvalue weighted by Crippen LogP contribution is -2.18. The van der Waals surface area contributed by atoms with E-state index in [0.29, 0.717) is 13.0 Å². The van der Waals surface area contributed by atoms with Crippen LogP contribution in [0.3, 0.4) is 0 Å². The maximum Gasteiger partial charge on any atom is 0.225 e. The van der Waals surface area contributed by atoms with E-state index in [-0.39, 0.29) is 24.4 Å². The molecule has 0 aliphatic heterocycles. The van der Waals surface area contributed by atoms with Gasteiger partial charge in [-0.3, -0.25) is 4.79 Å². The van der Waals surface area contributed by atoms with Gasteiger partial charge in [-0.05, 0) is 37.8 Å². The first-order chi connectivity index (χ1) is 8.79. The molecule has 1 aliphatic rings. The number of carbonyl (C=O) groups is 1. The molecule has 2 rings (SSSR count). The van der Waals surface area contributed by atoms with Crippen LogP contribution in [0.15, 0.2) is 24.3 Å². The highest BCUT2D eigenvalue weighted by Crippen LogP contribution is 2.29. The summed E-state index contributed by atoms with van der Waals surface area (Å²) >= 11 is 0. The molecule has 0 atom stereocenters. The quantitative estimate of drug-likeness (QED) is 0.874. The minimum atomic E-state index is -0.0695. The molecule has 3 N–H and O–H groups in total. The predicted molar refractivity (Wildman–Crippen MR) is 78.9 cm³/mol. The van der Waals surface area contributed by atoms with Gasteiger partial charge in [-0.25, -0.2) is 0 Å². The lowest BCUT2D eigenvalue weighted by Gasteiger charge is -2.16. The Hall–Kier alpha value is -1.26. The Labute approximate surface area is 120 Å². The lowest BCUT2D eigenvalue weighted by molar-refractivity contribution is -0.116. The minimum absolute atomic E-state index is 0. The number of nitrogens with two attached hydrogens (primary N) is 1. The van der Waals surface area contributed by atoms with Crippen molar-refractivity contribution in [1.82, 2.24) is 0 Å². The van der Waals surface area contributed by atoms with Crippen LogP contribution in [0, 0.1) is 0 Å². The summed E-state index contributed by atoms with van der Waals surface area (Å²) in [5.41, 5.74) is 6.10. The Kier molecular flexibility index (Phi) is 6.67. The molecule has 1 fully saturated rings. The van der Waals surface area contributed by atoms with E-state index < -0.39 is 0 Å². The van der Waals surface area contributed by atoms with Gasteiger partial charge in [-0.1, -0.05) is 12.1 Å². The number of ether oxygens (including phenoxy) is 1. The molecule has 0 spiro atoms. The summed E-state index contributed by atoms with van der Waals surface area (Å²) in [6.07, 6.45) is 5.28. The molecule has 5 heteroatoms. The molecular formula is C14H21ClN2O2. The van der Waals surface area contributed by atoms with E-state index in [1.54, 1.807) is 0 Å². The molecule has 0 radical (unpaired) electrons. The lowest BCUT2D eigenvalue weighted by atomic mass is 10.2. The third-order valence-electron chi connectivity index (χ3n) is 3.13. The Morgan fingerprint density at radius 3 is 2.68 bits per heavy atom. The number of amides is 1. The molecule has 1 aromatic carbocycles. The van der Waals surface area contributed by atoms with E-state index in [9.17, 15) is 4.79 Å². The first kappa shape index (κ1) is 15.8. The van der Waals surface area contributed by atoms with Crippen molar-refractivity contribution >= 4 is 24.0 Å². The molecule has 4 nitrogen and oxygen atoms in total. The molecule has 1 amide bonds. The van der Waals surface area contributed by atoms with Gasteiger partial charge in [0.05, 0.1) is 11.8 Å². The zero-order chi connectivity index (χ0) is 12.8. The third kappa shape index (κ3) is 4.73. The van der Waals surface area contributed by atoms with Crippen molar-refractivity contribution < 1.29 is 9.53 Å². The number of para-hydroxylation sites is 2. The van der Waals surface area contributed by atoms with Gasteiger partial charge >= 0.3 is 0 Å².